The molecule has 4 N–H and O–H groups in total. The van der Waals surface area contributed by atoms with Gasteiger partial charge in [-0.2, -0.15) is 0 Å². The Balaban J connectivity index is 1.29. The highest BCUT2D eigenvalue weighted by atomic mass is 16.4. The predicted molar refractivity (Wildman–Crippen MR) is 130 cm³/mol. The highest BCUT2D eigenvalue weighted by molar-refractivity contribution is 5.95. The van der Waals surface area contributed by atoms with Crippen LogP contribution in [0.4, 0.5) is 11.4 Å². The van der Waals surface area contributed by atoms with Crippen LogP contribution in [0.3, 0.4) is 0 Å². The van der Waals surface area contributed by atoms with Gasteiger partial charge in [0.05, 0.1) is 22.6 Å². The predicted octanol–water partition coefficient (Wildman–Crippen LogP) is 4.04. The summed E-state index contributed by atoms with van der Waals surface area (Å²) >= 11 is 0. The number of carboxylic acid groups (broad SMARTS) is 1. The standard InChI is InChI=1S/C26H25N5O3/c27-23-12-10-21(19-4-2-1-3-5-19)16-24(23)28-25(32)13-11-22-17-31(30-29-22)15-14-18-6-8-20(9-7-18)26(33)34/h1-10,12,16-17H,11,13-15,27H2,(H,28,32)(H,33,34). The minimum Gasteiger partial charge on any atom is -0.478 e. The van der Waals surface area contributed by atoms with E-state index in [4.69, 9.17) is 10.8 Å². The first-order valence-electron chi connectivity index (χ1n) is 10.9. The molecule has 0 aliphatic heterocycles. The van der Waals surface area contributed by atoms with Gasteiger partial charge in [-0.05, 0) is 47.4 Å². The minimum absolute atomic E-state index is 0.148. The van der Waals surface area contributed by atoms with Crippen molar-refractivity contribution in [3.63, 3.8) is 0 Å². The molecule has 0 radical (unpaired) electrons. The molecule has 0 fully saturated rings. The molecule has 1 aromatic heterocycles. The van der Waals surface area contributed by atoms with E-state index < -0.39 is 5.97 Å². The van der Waals surface area contributed by atoms with Crippen LogP contribution < -0.4 is 11.1 Å². The lowest BCUT2D eigenvalue weighted by molar-refractivity contribution is -0.116. The van der Waals surface area contributed by atoms with Crippen LogP contribution in [-0.4, -0.2) is 32.0 Å². The number of hydrogen-bond donors (Lipinski definition) is 3. The molecule has 0 saturated heterocycles. The van der Waals surface area contributed by atoms with Crippen LogP contribution in [0.25, 0.3) is 11.1 Å². The topological polar surface area (TPSA) is 123 Å². The van der Waals surface area contributed by atoms with Gasteiger partial charge in [-0.25, -0.2) is 4.79 Å². The first-order valence-corrected chi connectivity index (χ1v) is 10.9. The number of carboxylic acids is 1. The molecule has 0 saturated carbocycles. The molecule has 1 amide bonds. The van der Waals surface area contributed by atoms with Crippen LogP contribution in [0.5, 0.6) is 0 Å². The fourth-order valence-electron chi connectivity index (χ4n) is 3.55. The van der Waals surface area contributed by atoms with Gasteiger partial charge in [0.15, 0.2) is 0 Å². The number of carbonyl (C=O) groups excluding carboxylic acids is 1. The van der Waals surface area contributed by atoms with E-state index in [-0.39, 0.29) is 17.9 Å². The number of rotatable bonds is 9. The summed E-state index contributed by atoms with van der Waals surface area (Å²) in [5.74, 6) is -1.09. The molecule has 172 valence electrons. The molecule has 1 heterocycles. The smallest absolute Gasteiger partial charge is 0.335 e. The second kappa shape index (κ2) is 10.4. The lowest BCUT2D eigenvalue weighted by Gasteiger charge is -2.10. The largest absolute Gasteiger partial charge is 0.478 e. The van der Waals surface area contributed by atoms with Gasteiger partial charge < -0.3 is 16.2 Å². The Morgan fingerprint density at radius 1 is 0.941 bits per heavy atom. The third-order valence-electron chi connectivity index (χ3n) is 5.46. The zero-order chi connectivity index (χ0) is 23.9. The lowest BCUT2D eigenvalue weighted by atomic mass is 10.0. The minimum atomic E-state index is -0.942. The Hall–Kier alpha value is -4.46. The summed E-state index contributed by atoms with van der Waals surface area (Å²) in [5, 5.41) is 20.1. The Morgan fingerprint density at radius 3 is 2.44 bits per heavy atom. The first kappa shape index (κ1) is 22.7. The van der Waals surface area contributed by atoms with E-state index in [2.05, 4.69) is 15.6 Å². The van der Waals surface area contributed by atoms with Gasteiger partial charge in [0, 0.05) is 25.6 Å². The van der Waals surface area contributed by atoms with Crippen LogP contribution in [0.1, 0.15) is 28.0 Å². The molecule has 0 spiro atoms. The fourth-order valence-corrected chi connectivity index (χ4v) is 3.55. The van der Waals surface area contributed by atoms with Gasteiger partial charge in [0.25, 0.3) is 0 Å². The number of aromatic nitrogens is 3. The molecule has 0 atom stereocenters. The number of amides is 1. The number of aryl methyl sites for hydroxylation is 3. The van der Waals surface area contributed by atoms with Crippen molar-refractivity contribution < 1.29 is 14.7 Å². The van der Waals surface area contributed by atoms with Gasteiger partial charge in [-0.15, -0.1) is 5.10 Å². The Labute approximate surface area is 197 Å². The average Bonchev–Trinajstić information content (AvgIpc) is 3.31. The van der Waals surface area contributed by atoms with E-state index in [9.17, 15) is 9.59 Å². The zero-order valence-electron chi connectivity index (χ0n) is 18.5. The maximum absolute atomic E-state index is 12.5. The summed E-state index contributed by atoms with van der Waals surface area (Å²) in [6.45, 7) is 0.606. The fraction of sp³-hybridized carbons (Fsp3) is 0.154. The summed E-state index contributed by atoms with van der Waals surface area (Å²) in [6, 6.07) is 22.3. The summed E-state index contributed by atoms with van der Waals surface area (Å²) < 4.78 is 1.72. The van der Waals surface area contributed by atoms with Crippen molar-refractivity contribution in [2.24, 2.45) is 0 Å². The van der Waals surface area contributed by atoms with Crippen molar-refractivity contribution in [1.82, 2.24) is 15.0 Å². The van der Waals surface area contributed by atoms with Crippen molar-refractivity contribution >= 4 is 23.3 Å². The van der Waals surface area contributed by atoms with Crippen molar-refractivity contribution in [2.75, 3.05) is 11.1 Å². The molecule has 0 unspecified atom stereocenters. The summed E-state index contributed by atoms with van der Waals surface area (Å²) in [4.78, 5) is 23.5. The van der Waals surface area contributed by atoms with Crippen LogP contribution in [0.15, 0.2) is 79.0 Å². The molecule has 34 heavy (non-hydrogen) atoms. The number of anilines is 2. The maximum Gasteiger partial charge on any atom is 0.335 e. The number of nitrogens with one attached hydrogen (secondary N) is 1. The van der Waals surface area contributed by atoms with Gasteiger partial charge >= 0.3 is 5.97 Å². The van der Waals surface area contributed by atoms with Crippen LogP contribution >= 0.6 is 0 Å². The summed E-state index contributed by atoms with van der Waals surface area (Å²) in [7, 11) is 0. The summed E-state index contributed by atoms with van der Waals surface area (Å²) in [6.07, 6.45) is 3.23. The third-order valence-corrected chi connectivity index (χ3v) is 5.46. The Morgan fingerprint density at radius 2 is 1.71 bits per heavy atom. The van der Waals surface area contributed by atoms with Crippen molar-refractivity contribution in [3.8, 4) is 11.1 Å². The number of hydrogen-bond acceptors (Lipinski definition) is 5. The average molecular weight is 456 g/mol. The van der Waals surface area contributed by atoms with Crippen LogP contribution in [0.2, 0.25) is 0 Å². The molecule has 0 aliphatic rings. The van der Waals surface area contributed by atoms with Crippen LogP contribution in [-0.2, 0) is 24.2 Å². The van der Waals surface area contributed by atoms with Gasteiger partial charge in [-0.1, -0.05) is 53.7 Å². The maximum atomic E-state index is 12.5. The van der Waals surface area contributed by atoms with E-state index in [0.717, 1.165) is 22.4 Å². The second-order valence-corrected chi connectivity index (χ2v) is 7.94. The molecular weight excluding hydrogens is 430 g/mol. The van der Waals surface area contributed by atoms with Crippen LogP contribution in [0, 0.1) is 0 Å². The summed E-state index contributed by atoms with van der Waals surface area (Å²) in [5.41, 5.74) is 11.2. The SMILES string of the molecule is Nc1ccc(-c2ccccc2)cc1NC(=O)CCc1cn(CCc2ccc(C(=O)O)cc2)nn1. The number of nitrogen functional groups attached to an aromatic ring is 1. The highest BCUT2D eigenvalue weighted by Gasteiger charge is 2.10. The van der Waals surface area contributed by atoms with E-state index in [0.29, 0.717) is 30.8 Å². The van der Waals surface area contributed by atoms with E-state index in [1.165, 1.54) is 0 Å². The quantitative estimate of drug-likeness (QED) is 0.327. The molecule has 4 aromatic rings. The Bertz CT molecular complexity index is 1280. The monoisotopic (exact) mass is 455 g/mol. The van der Waals surface area contributed by atoms with E-state index in [1.807, 2.05) is 48.7 Å². The normalized spacial score (nSPS) is 10.7. The number of nitrogens with zero attached hydrogens (tertiary/aromatic N) is 3. The molecule has 8 heteroatoms. The van der Waals surface area contributed by atoms with Crippen molar-refractivity contribution in [2.45, 2.75) is 25.8 Å². The number of carbonyl (C=O) groups is 2. The lowest BCUT2D eigenvalue weighted by Crippen LogP contribution is -2.13. The third kappa shape index (κ3) is 5.86. The first-order chi connectivity index (χ1) is 16.5. The molecule has 0 bridgehead atoms. The molecule has 4 rings (SSSR count). The van der Waals surface area contributed by atoms with E-state index >= 15 is 0 Å². The van der Waals surface area contributed by atoms with Gasteiger partial charge in [0.2, 0.25) is 5.91 Å². The molecule has 3 aromatic carbocycles. The van der Waals surface area contributed by atoms with Gasteiger partial charge in [-0.3, -0.25) is 9.48 Å². The van der Waals surface area contributed by atoms with Crippen molar-refractivity contribution in [3.05, 3.63) is 95.8 Å². The van der Waals surface area contributed by atoms with E-state index in [1.54, 1.807) is 35.0 Å². The number of nitrogens with two attached hydrogens (primary N) is 1. The number of aromatic carboxylic acids is 1. The molecule has 0 aliphatic carbocycles. The van der Waals surface area contributed by atoms with Crippen molar-refractivity contribution in [1.29, 1.82) is 0 Å². The number of benzene rings is 3. The molecular formula is C26H25N5O3. The second-order valence-electron chi connectivity index (χ2n) is 7.94. The zero-order valence-corrected chi connectivity index (χ0v) is 18.5. The highest BCUT2D eigenvalue weighted by Crippen LogP contribution is 2.27. The van der Waals surface area contributed by atoms with Gasteiger partial charge in [0.1, 0.15) is 0 Å². The molecule has 8 nitrogen and oxygen atoms in total. The Kier molecular flexibility index (Phi) is 6.98.